The van der Waals surface area contributed by atoms with Gasteiger partial charge in [0.2, 0.25) is 5.91 Å². The molecule has 0 aromatic heterocycles. The number of nitro groups is 1. The van der Waals surface area contributed by atoms with Crippen molar-refractivity contribution in [2.75, 3.05) is 13.1 Å². The average Bonchev–Trinajstić information content (AvgIpc) is 2.31. The molecule has 0 aliphatic carbocycles. The van der Waals surface area contributed by atoms with Crippen LogP contribution in [0.3, 0.4) is 0 Å². The first-order chi connectivity index (χ1) is 8.54. The highest BCUT2D eigenvalue weighted by atomic mass is 35.5. The van der Waals surface area contributed by atoms with Gasteiger partial charge in [0, 0.05) is 19.2 Å². The fourth-order valence-electron chi connectivity index (χ4n) is 1.39. The van der Waals surface area contributed by atoms with Crippen molar-refractivity contribution in [1.82, 2.24) is 10.6 Å². The molecule has 1 aromatic carbocycles. The lowest BCUT2D eigenvalue weighted by atomic mass is 10.2. The number of carbonyl (C=O) groups excluding carboxylic acids is 1. The van der Waals surface area contributed by atoms with Crippen LogP contribution < -0.4 is 10.6 Å². The van der Waals surface area contributed by atoms with Gasteiger partial charge in [-0.3, -0.25) is 14.9 Å². The van der Waals surface area contributed by atoms with Crippen LogP contribution in [0.1, 0.15) is 12.5 Å². The molecular formula is C11H14ClN3O3. The van der Waals surface area contributed by atoms with Crippen LogP contribution in [0.2, 0.25) is 5.02 Å². The third kappa shape index (κ3) is 4.31. The average molecular weight is 272 g/mol. The lowest BCUT2D eigenvalue weighted by molar-refractivity contribution is -0.384. The highest BCUT2D eigenvalue weighted by molar-refractivity contribution is 6.32. The van der Waals surface area contributed by atoms with Crippen molar-refractivity contribution < 1.29 is 9.72 Å². The molecule has 1 rings (SSSR count). The second-order valence-electron chi connectivity index (χ2n) is 3.60. The van der Waals surface area contributed by atoms with Gasteiger partial charge >= 0.3 is 0 Å². The predicted molar refractivity (Wildman–Crippen MR) is 68.5 cm³/mol. The first kappa shape index (κ1) is 14.4. The Bertz CT molecular complexity index is 451. The smallest absolute Gasteiger partial charge is 0.288 e. The fraction of sp³-hybridized carbons (Fsp3) is 0.364. The topological polar surface area (TPSA) is 84.3 Å². The van der Waals surface area contributed by atoms with Gasteiger partial charge in [0.15, 0.2) is 0 Å². The lowest BCUT2D eigenvalue weighted by Crippen LogP contribution is -2.33. The van der Waals surface area contributed by atoms with Crippen LogP contribution in [0.25, 0.3) is 0 Å². The number of amides is 1. The van der Waals surface area contributed by atoms with Crippen molar-refractivity contribution in [3.63, 3.8) is 0 Å². The number of rotatable bonds is 6. The number of carbonyl (C=O) groups is 1. The van der Waals surface area contributed by atoms with E-state index in [1.165, 1.54) is 12.1 Å². The van der Waals surface area contributed by atoms with Gasteiger partial charge in [0.1, 0.15) is 5.02 Å². The summed E-state index contributed by atoms with van der Waals surface area (Å²) < 4.78 is 0. The molecule has 0 heterocycles. The summed E-state index contributed by atoms with van der Waals surface area (Å²) in [6.07, 6.45) is 0. The van der Waals surface area contributed by atoms with E-state index >= 15 is 0 Å². The second kappa shape index (κ2) is 6.93. The molecule has 2 N–H and O–H groups in total. The third-order valence-electron chi connectivity index (χ3n) is 2.20. The normalized spacial score (nSPS) is 10.1. The molecule has 0 aliphatic rings. The van der Waals surface area contributed by atoms with E-state index in [1.54, 1.807) is 6.07 Å². The zero-order valence-electron chi connectivity index (χ0n) is 9.90. The van der Waals surface area contributed by atoms with E-state index in [9.17, 15) is 14.9 Å². The lowest BCUT2D eigenvalue weighted by Gasteiger charge is -2.05. The van der Waals surface area contributed by atoms with E-state index in [0.29, 0.717) is 18.7 Å². The van der Waals surface area contributed by atoms with Crippen LogP contribution in [0.5, 0.6) is 0 Å². The molecule has 0 radical (unpaired) electrons. The zero-order chi connectivity index (χ0) is 13.5. The van der Waals surface area contributed by atoms with E-state index in [-0.39, 0.29) is 23.2 Å². The molecule has 7 heteroatoms. The summed E-state index contributed by atoms with van der Waals surface area (Å²) in [6, 6.07) is 4.55. The molecule has 0 aliphatic heterocycles. The van der Waals surface area contributed by atoms with Gasteiger partial charge in [0.25, 0.3) is 5.69 Å². The first-order valence-corrected chi connectivity index (χ1v) is 5.82. The number of hydrogen-bond acceptors (Lipinski definition) is 4. The Morgan fingerprint density at radius 2 is 2.22 bits per heavy atom. The van der Waals surface area contributed by atoms with Crippen molar-refractivity contribution >= 4 is 23.2 Å². The summed E-state index contributed by atoms with van der Waals surface area (Å²) in [7, 11) is 0. The summed E-state index contributed by atoms with van der Waals surface area (Å²) in [5.41, 5.74) is 0.573. The van der Waals surface area contributed by atoms with Crippen molar-refractivity contribution in [2.24, 2.45) is 0 Å². The van der Waals surface area contributed by atoms with Crippen molar-refractivity contribution in [3.05, 3.63) is 38.9 Å². The minimum Gasteiger partial charge on any atom is -0.355 e. The number of hydrogen-bond donors (Lipinski definition) is 2. The number of nitrogens with one attached hydrogen (secondary N) is 2. The Labute approximate surface area is 109 Å². The quantitative estimate of drug-likeness (QED) is 0.606. The maximum absolute atomic E-state index is 11.2. The monoisotopic (exact) mass is 271 g/mol. The standard InChI is InChI=1S/C11H14ClN3O3/c1-2-14-11(16)7-13-6-8-3-4-9(12)10(5-8)15(17)18/h3-5,13H,2,6-7H2,1H3,(H,14,16). The largest absolute Gasteiger partial charge is 0.355 e. The third-order valence-corrected chi connectivity index (χ3v) is 2.52. The van der Waals surface area contributed by atoms with Gasteiger partial charge in [-0.05, 0) is 18.6 Å². The summed E-state index contributed by atoms with van der Waals surface area (Å²) in [5.74, 6) is -0.110. The van der Waals surface area contributed by atoms with Crippen molar-refractivity contribution in [1.29, 1.82) is 0 Å². The maximum Gasteiger partial charge on any atom is 0.288 e. The molecule has 0 saturated carbocycles. The second-order valence-corrected chi connectivity index (χ2v) is 4.01. The molecular weight excluding hydrogens is 258 g/mol. The number of nitro benzene ring substituents is 1. The van der Waals surface area contributed by atoms with Gasteiger partial charge in [-0.25, -0.2) is 0 Å². The first-order valence-electron chi connectivity index (χ1n) is 5.44. The van der Waals surface area contributed by atoms with Gasteiger partial charge in [-0.15, -0.1) is 0 Å². The fourth-order valence-corrected chi connectivity index (χ4v) is 1.57. The molecule has 18 heavy (non-hydrogen) atoms. The minimum atomic E-state index is -0.532. The zero-order valence-corrected chi connectivity index (χ0v) is 10.7. The molecule has 0 unspecified atom stereocenters. The van der Waals surface area contributed by atoms with E-state index in [4.69, 9.17) is 11.6 Å². The molecule has 0 fully saturated rings. The summed E-state index contributed by atoms with van der Waals surface area (Å²) in [6.45, 7) is 2.95. The molecule has 0 atom stereocenters. The van der Waals surface area contributed by atoms with Gasteiger partial charge < -0.3 is 10.6 Å². The predicted octanol–water partition coefficient (Wildman–Crippen LogP) is 1.47. The van der Waals surface area contributed by atoms with Gasteiger partial charge in [-0.1, -0.05) is 17.7 Å². The van der Waals surface area contributed by atoms with Crippen LogP contribution in [0, 0.1) is 10.1 Å². The number of halogens is 1. The van der Waals surface area contributed by atoms with Gasteiger partial charge in [-0.2, -0.15) is 0 Å². The van der Waals surface area contributed by atoms with E-state index in [0.717, 1.165) is 0 Å². The van der Waals surface area contributed by atoms with E-state index in [2.05, 4.69) is 10.6 Å². The number of likely N-dealkylation sites (N-methyl/N-ethyl adjacent to an activating group) is 1. The van der Waals surface area contributed by atoms with Crippen LogP contribution in [-0.2, 0) is 11.3 Å². The van der Waals surface area contributed by atoms with Crippen molar-refractivity contribution in [2.45, 2.75) is 13.5 Å². The van der Waals surface area contributed by atoms with Crippen LogP contribution in [0.15, 0.2) is 18.2 Å². The van der Waals surface area contributed by atoms with Gasteiger partial charge in [0.05, 0.1) is 11.5 Å². The highest BCUT2D eigenvalue weighted by Crippen LogP contribution is 2.24. The van der Waals surface area contributed by atoms with Crippen LogP contribution >= 0.6 is 11.6 Å². The Balaban J connectivity index is 2.55. The van der Waals surface area contributed by atoms with E-state index in [1.807, 2.05) is 6.92 Å². The van der Waals surface area contributed by atoms with Crippen LogP contribution in [0.4, 0.5) is 5.69 Å². The molecule has 0 bridgehead atoms. The molecule has 0 saturated heterocycles. The summed E-state index contributed by atoms with van der Waals surface area (Å²) in [4.78, 5) is 21.3. The number of nitrogens with zero attached hydrogens (tertiary/aromatic N) is 1. The molecule has 1 amide bonds. The van der Waals surface area contributed by atoms with Crippen LogP contribution in [-0.4, -0.2) is 23.9 Å². The SMILES string of the molecule is CCNC(=O)CNCc1ccc(Cl)c([N+](=O)[O-])c1. The maximum atomic E-state index is 11.2. The molecule has 98 valence electrons. The summed E-state index contributed by atoms with van der Waals surface area (Å²) >= 11 is 5.69. The number of benzene rings is 1. The molecule has 6 nitrogen and oxygen atoms in total. The summed E-state index contributed by atoms with van der Waals surface area (Å²) in [5, 5.41) is 16.3. The molecule has 0 spiro atoms. The van der Waals surface area contributed by atoms with E-state index < -0.39 is 4.92 Å². The highest BCUT2D eigenvalue weighted by Gasteiger charge is 2.12. The Kier molecular flexibility index (Phi) is 5.54. The Hall–Kier alpha value is -1.66. The van der Waals surface area contributed by atoms with Crippen molar-refractivity contribution in [3.8, 4) is 0 Å². The molecule has 1 aromatic rings. The Morgan fingerprint density at radius 3 is 2.83 bits per heavy atom. The Morgan fingerprint density at radius 1 is 1.50 bits per heavy atom. The minimum absolute atomic E-state index is 0.104.